The topological polar surface area (TPSA) is 134 Å². The maximum atomic E-state index is 13.0. The maximum absolute atomic E-state index is 13.0. The highest BCUT2D eigenvalue weighted by atomic mass is 35.5. The number of primary amides is 1. The summed E-state index contributed by atoms with van der Waals surface area (Å²) in [7, 11) is 0. The number of carboxylic acid groups (broad SMARTS) is 1. The third-order valence-electron chi connectivity index (χ3n) is 4.67. The number of carbonyl (C=O) groups excluding carboxylic acids is 2. The van der Waals surface area contributed by atoms with E-state index in [1.54, 1.807) is 48.5 Å². The van der Waals surface area contributed by atoms with Crippen molar-refractivity contribution in [2.45, 2.75) is 18.9 Å². The summed E-state index contributed by atoms with van der Waals surface area (Å²) in [5.74, 6) is -1.69. The monoisotopic (exact) mass is 440 g/mol. The van der Waals surface area contributed by atoms with Gasteiger partial charge >= 0.3 is 12.0 Å². The van der Waals surface area contributed by atoms with E-state index in [4.69, 9.17) is 17.3 Å². The van der Waals surface area contributed by atoms with E-state index in [9.17, 15) is 19.5 Å². The van der Waals surface area contributed by atoms with Crippen LogP contribution in [0.2, 0.25) is 5.02 Å². The van der Waals surface area contributed by atoms with E-state index >= 15 is 0 Å². The molecule has 31 heavy (non-hydrogen) atoms. The molecule has 1 atom stereocenters. The zero-order valence-corrected chi connectivity index (χ0v) is 17.2. The summed E-state index contributed by atoms with van der Waals surface area (Å²) in [5.41, 5.74) is 7.27. The average molecular weight is 441 g/mol. The highest BCUT2D eigenvalue weighted by Gasteiger charge is 2.22. The van der Waals surface area contributed by atoms with Gasteiger partial charge in [0.25, 0.3) is 5.91 Å². The standard InChI is InChI=1S/C22H21ClN4O4/c23-14-9-7-13(8-10-14)19-12-16(15-4-1-2-5-17(15)26-19)20(28)27-18(21(29)30)6-3-11-25-22(24)31/h1-2,4-5,7-10,12,18H,3,6,11H2,(H,27,28)(H,29,30)(H3,24,25,31). The number of para-hydroxylation sites is 1. The van der Waals surface area contributed by atoms with E-state index < -0.39 is 23.9 Å². The second-order valence-electron chi connectivity index (χ2n) is 6.88. The van der Waals surface area contributed by atoms with Crippen molar-refractivity contribution in [3.8, 4) is 11.3 Å². The number of urea groups is 1. The molecule has 0 radical (unpaired) electrons. The summed E-state index contributed by atoms with van der Waals surface area (Å²) in [6.45, 7) is 0.216. The van der Waals surface area contributed by atoms with Crippen LogP contribution in [0.25, 0.3) is 22.2 Å². The van der Waals surface area contributed by atoms with Gasteiger partial charge in [0, 0.05) is 22.5 Å². The molecule has 0 spiro atoms. The number of aromatic nitrogens is 1. The van der Waals surface area contributed by atoms with Gasteiger partial charge in [0.05, 0.1) is 16.8 Å². The number of benzene rings is 2. The van der Waals surface area contributed by atoms with Crippen molar-refractivity contribution < 1.29 is 19.5 Å². The number of amides is 3. The Morgan fingerprint density at radius 2 is 1.81 bits per heavy atom. The van der Waals surface area contributed by atoms with E-state index in [1.807, 2.05) is 6.07 Å². The minimum absolute atomic E-state index is 0.133. The van der Waals surface area contributed by atoms with Gasteiger partial charge < -0.3 is 21.5 Å². The minimum atomic E-state index is -1.16. The number of carbonyl (C=O) groups is 3. The molecule has 0 aliphatic carbocycles. The summed E-state index contributed by atoms with van der Waals surface area (Å²) < 4.78 is 0. The summed E-state index contributed by atoms with van der Waals surface area (Å²) in [4.78, 5) is 40.0. The first kappa shape index (κ1) is 22.0. The van der Waals surface area contributed by atoms with E-state index in [-0.39, 0.29) is 13.0 Å². The Morgan fingerprint density at radius 3 is 2.48 bits per heavy atom. The predicted octanol–water partition coefficient (Wildman–Crippen LogP) is 3.19. The lowest BCUT2D eigenvalue weighted by Crippen LogP contribution is -2.41. The molecule has 0 bridgehead atoms. The summed E-state index contributed by atoms with van der Waals surface area (Å²) >= 11 is 5.96. The number of fused-ring (bicyclic) bond motifs is 1. The Balaban J connectivity index is 1.88. The largest absolute Gasteiger partial charge is 0.480 e. The zero-order valence-electron chi connectivity index (χ0n) is 16.5. The lowest BCUT2D eigenvalue weighted by atomic mass is 10.0. The number of aliphatic carboxylic acids is 1. The summed E-state index contributed by atoms with van der Waals surface area (Å²) in [6.07, 6.45) is 0.474. The molecule has 3 amide bonds. The quantitative estimate of drug-likeness (QED) is 0.399. The van der Waals surface area contributed by atoms with Crippen LogP contribution in [0.4, 0.5) is 4.79 Å². The highest BCUT2D eigenvalue weighted by Crippen LogP contribution is 2.26. The highest BCUT2D eigenvalue weighted by molar-refractivity contribution is 6.30. The maximum Gasteiger partial charge on any atom is 0.326 e. The second-order valence-corrected chi connectivity index (χ2v) is 7.31. The van der Waals surface area contributed by atoms with Crippen LogP contribution in [0.15, 0.2) is 54.6 Å². The fourth-order valence-electron chi connectivity index (χ4n) is 3.14. The number of halogens is 1. The molecule has 8 nitrogen and oxygen atoms in total. The predicted molar refractivity (Wildman–Crippen MR) is 118 cm³/mol. The third-order valence-corrected chi connectivity index (χ3v) is 4.92. The number of hydrogen-bond acceptors (Lipinski definition) is 4. The Kier molecular flexibility index (Phi) is 7.04. The van der Waals surface area contributed by atoms with Crippen LogP contribution in [-0.2, 0) is 4.79 Å². The summed E-state index contributed by atoms with van der Waals surface area (Å²) in [6, 6.07) is 14.0. The van der Waals surface area contributed by atoms with Crippen molar-refractivity contribution in [2.24, 2.45) is 5.73 Å². The Bertz CT molecular complexity index is 1120. The van der Waals surface area contributed by atoms with Crippen molar-refractivity contribution >= 4 is 40.4 Å². The van der Waals surface area contributed by atoms with Crippen LogP contribution in [0, 0.1) is 0 Å². The molecule has 1 unspecified atom stereocenters. The number of nitrogens with one attached hydrogen (secondary N) is 2. The first-order chi connectivity index (χ1) is 14.8. The zero-order chi connectivity index (χ0) is 22.4. The number of pyridine rings is 1. The third kappa shape index (κ3) is 5.70. The molecular formula is C22H21ClN4O4. The molecule has 9 heteroatoms. The molecule has 0 aliphatic rings. The van der Waals surface area contributed by atoms with Crippen LogP contribution in [0.3, 0.4) is 0 Å². The molecule has 2 aromatic carbocycles. The van der Waals surface area contributed by atoms with Crippen molar-refractivity contribution in [2.75, 3.05) is 6.54 Å². The molecule has 0 saturated carbocycles. The number of carboxylic acids is 1. The van der Waals surface area contributed by atoms with Gasteiger partial charge in [-0.05, 0) is 37.1 Å². The lowest BCUT2D eigenvalue weighted by molar-refractivity contribution is -0.139. The number of nitrogens with zero attached hydrogens (tertiary/aromatic N) is 1. The Hall–Kier alpha value is -3.65. The second kappa shape index (κ2) is 9.90. The number of rotatable bonds is 8. The summed E-state index contributed by atoms with van der Waals surface area (Å²) in [5, 5.41) is 15.7. The molecule has 1 aromatic heterocycles. The van der Waals surface area contributed by atoms with E-state index in [2.05, 4.69) is 15.6 Å². The Labute approximate surface area is 183 Å². The molecule has 5 N–H and O–H groups in total. The SMILES string of the molecule is NC(=O)NCCCC(NC(=O)c1cc(-c2ccc(Cl)cc2)nc2ccccc12)C(=O)O. The molecule has 1 heterocycles. The van der Waals surface area contributed by atoms with E-state index in [0.29, 0.717) is 33.6 Å². The van der Waals surface area contributed by atoms with Gasteiger partial charge in [-0.25, -0.2) is 14.6 Å². The molecular weight excluding hydrogens is 420 g/mol. The number of nitrogens with two attached hydrogens (primary N) is 1. The van der Waals surface area contributed by atoms with E-state index in [1.165, 1.54) is 0 Å². The minimum Gasteiger partial charge on any atom is -0.480 e. The molecule has 3 aromatic rings. The van der Waals surface area contributed by atoms with Crippen molar-refractivity contribution in [1.82, 2.24) is 15.6 Å². The van der Waals surface area contributed by atoms with Gasteiger partial charge in [-0.2, -0.15) is 0 Å². The first-order valence-corrected chi connectivity index (χ1v) is 9.95. The van der Waals surface area contributed by atoms with Gasteiger partial charge in [-0.3, -0.25) is 4.79 Å². The van der Waals surface area contributed by atoms with Crippen LogP contribution >= 0.6 is 11.6 Å². The number of hydrogen-bond donors (Lipinski definition) is 4. The first-order valence-electron chi connectivity index (χ1n) is 9.58. The van der Waals surface area contributed by atoms with Gasteiger partial charge in [0.2, 0.25) is 0 Å². The molecule has 3 rings (SSSR count). The molecule has 0 fully saturated rings. The van der Waals surface area contributed by atoms with E-state index in [0.717, 1.165) is 5.56 Å². The van der Waals surface area contributed by atoms with Crippen LogP contribution in [0.5, 0.6) is 0 Å². The van der Waals surface area contributed by atoms with Crippen LogP contribution < -0.4 is 16.4 Å². The van der Waals surface area contributed by atoms with Gasteiger partial charge in [-0.1, -0.05) is 41.9 Å². The Morgan fingerprint density at radius 1 is 1.10 bits per heavy atom. The fraction of sp³-hybridized carbons (Fsp3) is 0.182. The molecule has 160 valence electrons. The van der Waals surface area contributed by atoms with Crippen LogP contribution in [0.1, 0.15) is 23.2 Å². The van der Waals surface area contributed by atoms with Crippen molar-refractivity contribution in [3.05, 3.63) is 65.2 Å². The van der Waals surface area contributed by atoms with Crippen molar-refractivity contribution in [3.63, 3.8) is 0 Å². The van der Waals surface area contributed by atoms with Gasteiger partial charge in [0.15, 0.2) is 0 Å². The van der Waals surface area contributed by atoms with Gasteiger partial charge in [-0.15, -0.1) is 0 Å². The van der Waals surface area contributed by atoms with Gasteiger partial charge in [0.1, 0.15) is 6.04 Å². The lowest BCUT2D eigenvalue weighted by Gasteiger charge is -2.16. The normalized spacial score (nSPS) is 11.6. The average Bonchev–Trinajstić information content (AvgIpc) is 2.75. The smallest absolute Gasteiger partial charge is 0.326 e. The molecule has 0 saturated heterocycles. The molecule has 0 aliphatic heterocycles. The fourth-order valence-corrected chi connectivity index (χ4v) is 3.27. The van der Waals surface area contributed by atoms with Crippen molar-refractivity contribution in [1.29, 1.82) is 0 Å². The van der Waals surface area contributed by atoms with Crippen LogP contribution in [-0.4, -0.2) is 40.6 Å².